The van der Waals surface area contributed by atoms with Crippen molar-refractivity contribution in [3.8, 4) is 0 Å². The van der Waals surface area contributed by atoms with E-state index in [2.05, 4.69) is 43.9 Å². The zero-order valence-corrected chi connectivity index (χ0v) is 10.1. The number of rotatable bonds is 1. The Bertz CT molecular complexity index is 335. The van der Waals surface area contributed by atoms with E-state index in [1.54, 1.807) is 0 Å². The van der Waals surface area contributed by atoms with Gasteiger partial charge in [-0.1, -0.05) is 19.1 Å². The van der Waals surface area contributed by atoms with Gasteiger partial charge < -0.3 is 4.90 Å². The van der Waals surface area contributed by atoms with Gasteiger partial charge in [0.1, 0.15) is 0 Å². The summed E-state index contributed by atoms with van der Waals surface area (Å²) >= 11 is 0. The molecule has 1 heteroatoms. The summed E-state index contributed by atoms with van der Waals surface area (Å²) in [5.41, 5.74) is 4.23. The lowest BCUT2D eigenvalue weighted by Gasteiger charge is -2.33. The minimum absolute atomic E-state index is 0.909. The quantitative estimate of drug-likeness (QED) is 0.675. The van der Waals surface area contributed by atoms with Crippen molar-refractivity contribution < 1.29 is 0 Å². The van der Waals surface area contributed by atoms with Gasteiger partial charge in [-0.15, -0.1) is 0 Å². The van der Waals surface area contributed by atoms with Crippen molar-refractivity contribution in [3.63, 3.8) is 0 Å². The van der Waals surface area contributed by atoms with Crippen molar-refractivity contribution in [1.29, 1.82) is 0 Å². The van der Waals surface area contributed by atoms with Gasteiger partial charge >= 0.3 is 0 Å². The molecule has 1 aromatic carbocycles. The second-order valence-electron chi connectivity index (χ2n) is 4.96. The third-order valence-electron chi connectivity index (χ3n) is 3.49. The van der Waals surface area contributed by atoms with Crippen LogP contribution in [-0.2, 0) is 0 Å². The monoisotopic (exact) mass is 203 g/mol. The van der Waals surface area contributed by atoms with Gasteiger partial charge in [0, 0.05) is 18.8 Å². The van der Waals surface area contributed by atoms with Crippen LogP contribution in [0.25, 0.3) is 0 Å². The first-order valence-corrected chi connectivity index (χ1v) is 5.99. The second kappa shape index (κ2) is 4.26. The van der Waals surface area contributed by atoms with E-state index in [1.807, 2.05) is 0 Å². The van der Waals surface area contributed by atoms with Crippen LogP contribution in [0.1, 0.15) is 30.9 Å². The van der Waals surface area contributed by atoms with Crippen LogP contribution in [0.5, 0.6) is 0 Å². The standard InChI is InChI=1S/C14H21N/c1-11-6-8-15(9-7-11)14-10-12(2)4-5-13(14)3/h4-5,10-11H,6-9H2,1-3H3. The molecule has 1 saturated heterocycles. The fourth-order valence-electron chi connectivity index (χ4n) is 2.31. The Kier molecular flexibility index (Phi) is 2.99. The lowest BCUT2D eigenvalue weighted by atomic mass is 9.98. The number of aryl methyl sites for hydroxylation is 2. The van der Waals surface area contributed by atoms with Gasteiger partial charge in [0.25, 0.3) is 0 Å². The first kappa shape index (κ1) is 10.5. The molecule has 82 valence electrons. The number of hydrogen-bond donors (Lipinski definition) is 0. The molecule has 0 N–H and O–H groups in total. The highest BCUT2D eigenvalue weighted by atomic mass is 15.1. The average molecular weight is 203 g/mol. The van der Waals surface area contributed by atoms with Crippen molar-refractivity contribution in [2.45, 2.75) is 33.6 Å². The van der Waals surface area contributed by atoms with E-state index in [9.17, 15) is 0 Å². The van der Waals surface area contributed by atoms with Gasteiger partial charge in [-0.25, -0.2) is 0 Å². The van der Waals surface area contributed by atoms with Crippen LogP contribution in [-0.4, -0.2) is 13.1 Å². The summed E-state index contributed by atoms with van der Waals surface area (Å²) in [6.45, 7) is 9.21. The zero-order chi connectivity index (χ0) is 10.8. The van der Waals surface area contributed by atoms with Crippen LogP contribution >= 0.6 is 0 Å². The smallest absolute Gasteiger partial charge is 0.0398 e. The highest BCUT2D eigenvalue weighted by molar-refractivity contribution is 5.55. The summed E-state index contributed by atoms with van der Waals surface area (Å²) in [4.78, 5) is 2.54. The molecule has 1 fully saturated rings. The molecule has 1 aromatic rings. The second-order valence-corrected chi connectivity index (χ2v) is 4.96. The lowest BCUT2D eigenvalue weighted by molar-refractivity contribution is 0.438. The summed E-state index contributed by atoms with van der Waals surface area (Å²) in [5.74, 6) is 0.909. The highest BCUT2D eigenvalue weighted by Gasteiger charge is 2.17. The molecule has 0 aliphatic carbocycles. The van der Waals surface area contributed by atoms with Crippen molar-refractivity contribution >= 4 is 5.69 Å². The zero-order valence-electron chi connectivity index (χ0n) is 10.1. The van der Waals surface area contributed by atoms with Crippen LogP contribution in [0.4, 0.5) is 5.69 Å². The Morgan fingerprint density at radius 1 is 1.13 bits per heavy atom. The Hall–Kier alpha value is -0.980. The van der Waals surface area contributed by atoms with E-state index in [0.717, 1.165) is 5.92 Å². The van der Waals surface area contributed by atoms with E-state index >= 15 is 0 Å². The van der Waals surface area contributed by atoms with Gasteiger partial charge in [-0.3, -0.25) is 0 Å². The molecule has 1 aliphatic heterocycles. The Labute approximate surface area is 93.1 Å². The molecular formula is C14H21N. The maximum absolute atomic E-state index is 2.54. The maximum atomic E-state index is 2.54. The molecule has 0 bridgehead atoms. The molecule has 15 heavy (non-hydrogen) atoms. The van der Waals surface area contributed by atoms with E-state index < -0.39 is 0 Å². The molecule has 1 heterocycles. The van der Waals surface area contributed by atoms with Gasteiger partial charge in [-0.2, -0.15) is 0 Å². The summed E-state index contributed by atoms with van der Waals surface area (Å²) in [7, 11) is 0. The fourth-order valence-corrected chi connectivity index (χ4v) is 2.31. The first-order chi connectivity index (χ1) is 7.16. The van der Waals surface area contributed by atoms with E-state index in [1.165, 1.54) is 42.7 Å². The van der Waals surface area contributed by atoms with Gasteiger partial charge in [-0.05, 0) is 49.8 Å². The van der Waals surface area contributed by atoms with Crippen molar-refractivity contribution in [2.75, 3.05) is 18.0 Å². The van der Waals surface area contributed by atoms with E-state index in [-0.39, 0.29) is 0 Å². The minimum Gasteiger partial charge on any atom is -0.371 e. The van der Waals surface area contributed by atoms with E-state index in [4.69, 9.17) is 0 Å². The lowest BCUT2D eigenvalue weighted by Crippen LogP contribution is -2.33. The molecule has 1 aliphatic rings. The molecular weight excluding hydrogens is 182 g/mol. The molecule has 0 atom stereocenters. The molecule has 0 spiro atoms. The summed E-state index contributed by atoms with van der Waals surface area (Å²) in [5, 5.41) is 0. The number of piperidine rings is 1. The van der Waals surface area contributed by atoms with Crippen molar-refractivity contribution in [3.05, 3.63) is 29.3 Å². The first-order valence-electron chi connectivity index (χ1n) is 5.99. The van der Waals surface area contributed by atoms with Crippen molar-refractivity contribution in [1.82, 2.24) is 0 Å². The Morgan fingerprint density at radius 3 is 2.47 bits per heavy atom. The Morgan fingerprint density at radius 2 is 1.80 bits per heavy atom. The average Bonchev–Trinajstić information content (AvgIpc) is 2.23. The molecule has 0 amide bonds. The molecule has 2 rings (SSSR count). The van der Waals surface area contributed by atoms with Crippen LogP contribution in [0.15, 0.2) is 18.2 Å². The van der Waals surface area contributed by atoms with Crippen LogP contribution < -0.4 is 4.90 Å². The number of hydrogen-bond acceptors (Lipinski definition) is 1. The third kappa shape index (κ3) is 2.34. The number of benzene rings is 1. The Balaban J connectivity index is 2.18. The molecule has 0 radical (unpaired) electrons. The summed E-state index contributed by atoms with van der Waals surface area (Å²) in [6.07, 6.45) is 2.68. The predicted octanol–water partition coefficient (Wildman–Crippen LogP) is 3.54. The highest BCUT2D eigenvalue weighted by Crippen LogP contribution is 2.26. The molecule has 0 unspecified atom stereocenters. The van der Waals surface area contributed by atoms with E-state index in [0.29, 0.717) is 0 Å². The van der Waals surface area contributed by atoms with Crippen LogP contribution in [0.3, 0.4) is 0 Å². The van der Waals surface area contributed by atoms with Gasteiger partial charge in [0.15, 0.2) is 0 Å². The number of anilines is 1. The molecule has 0 aromatic heterocycles. The van der Waals surface area contributed by atoms with Gasteiger partial charge in [0.05, 0.1) is 0 Å². The third-order valence-corrected chi connectivity index (χ3v) is 3.49. The van der Waals surface area contributed by atoms with Gasteiger partial charge in [0.2, 0.25) is 0 Å². The predicted molar refractivity (Wildman–Crippen MR) is 66.5 cm³/mol. The molecule has 1 nitrogen and oxygen atoms in total. The van der Waals surface area contributed by atoms with Crippen LogP contribution in [0, 0.1) is 19.8 Å². The minimum atomic E-state index is 0.909. The normalized spacial score (nSPS) is 18.2. The largest absolute Gasteiger partial charge is 0.371 e. The maximum Gasteiger partial charge on any atom is 0.0398 e. The SMILES string of the molecule is Cc1ccc(C)c(N2CCC(C)CC2)c1. The van der Waals surface area contributed by atoms with Crippen molar-refractivity contribution in [2.24, 2.45) is 5.92 Å². The topological polar surface area (TPSA) is 3.24 Å². The summed E-state index contributed by atoms with van der Waals surface area (Å²) in [6, 6.07) is 6.76. The number of nitrogens with zero attached hydrogens (tertiary/aromatic N) is 1. The fraction of sp³-hybridized carbons (Fsp3) is 0.571. The molecule has 0 saturated carbocycles. The summed E-state index contributed by atoms with van der Waals surface area (Å²) < 4.78 is 0. The van der Waals surface area contributed by atoms with Crippen LogP contribution in [0.2, 0.25) is 0 Å².